The molecule has 40 heavy (non-hydrogen) atoms. The van der Waals surface area contributed by atoms with E-state index in [1.54, 1.807) is 30.9 Å². The number of nitrogens with one attached hydrogen (secondary N) is 1. The summed E-state index contributed by atoms with van der Waals surface area (Å²) in [6, 6.07) is 14.1. The molecule has 0 saturated heterocycles. The largest absolute Gasteiger partial charge is 0.496 e. The van der Waals surface area contributed by atoms with Crippen molar-refractivity contribution in [2.45, 2.75) is 51.7 Å². The lowest BCUT2D eigenvalue weighted by Crippen LogP contribution is -2.42. The zero-order valence-electron chi connectivity index (χ0n) is 24.5. The van der Waals surface area contributed by atoms with Crippen molar-refractivity contribution in [2.75, 3.05) is 44.6 Å². The summed E-state index contributed by atoms with van der Waals surface area (Å²) in [5.41, 5.74) is 5.50. The summed E-state index contributed by atoms with van der Waals surface area (Å²) < 4.78 is 12.7. The Kier molecular flexibility index (Phi) is 9.26. The van der Waals surface area contributed by atoms with Gasteiger partial charge in [-0.05, 0) is 38.0 Å². The van der Waals surface area contributed by atoms with Crippen LogP contribution in [0.5, 0.6) is 5.75 Å². The number of methoxy groups -OCH3 is 2. The number of hydrogen-bond donors (Lipinski definition) is 1. The first-order valence-electron chi connectivity index (χ1n) is 13.6. The molecule has 2 aromatic carbocycles. The van der Waals surface area contributed by atoms with E-state index in [2.05, 4.69) is 39.1 Å². The minimum absolute atomic E-state index is 0.0990. The molecule has 0 radical (unpaired) electrons. The Hall–Kier alpha value is -3.30. The van der Waals surface area contributed by atoms with Crippen LogP contribution >= 0.6 is 11.8 Å². The van der Waals surface area contributed by atoms with Gasteiger partial charge in [-0.1, -0.05) is 56.7 Å². The molecule has 0 aliphatic carbocycles. The summed E-state index contributed by atoms with van der Waals surface area (Å²) in [5.74, 6) is 1.24. The first-order valence-corrected chi connectivity index (χ1v) is 14.6. The number of fused-ring (bicyclic) bond motifs is 1. The van der Waals surface area contributed by atoms with Gasteiger partial charge in [0.15, 0.2) is 0 Å². The molecule has 214 valence electrons. The Morgan fingerprint density at radius 2 is 1.90 bits per heavy atom. The van der Waals surface area contributed by atoms with Gasteiger partial charge in [0.1, 0.15) is 18.1 Å². The molecule has 0 saturated carbocycles. The van der Waals surface area contributed by atoms with Gasteiger partial charge in [-0.2, -0.15) is 5.10 Å². The van der Waals surface area contributed by atoms with Crippen molar-refractivity contribution in [1.29, 1.82) is 0 Å². The maximum Gasteiger partial charge on any atom is 0.240 e. The van der Waals surface area contributed by atoms with E-state index in [9.17, 15) is 9.59 Å². The number of ether oxygens (including phenoxy) is 2. The molecule has 8 nitrogen and oxygen atoms in total. The van der Waals surface area contributed by atoms with E-state index >= 15 is 0 Å². The molecule has 9 heteroatoms. The predicted octanol–water partition coefficient (Wildman–Crippen LogP) is 5.12. The average molecular weight is 565 g/mol. The van der Waals surface area contributed by atoms with Crippen molar-refractivity contribution in [2.24, 2.45) is 0 Å². The number of anilines is 1. The van der Waals surface area contributed by atoms with Crippen LogP contribution in [0.25, 0.3) is 5.69 Å². The number of thioether (sulfide) groups is 1. The first-order chi connectivity index (χ1) is 19.1. The van der Waals surface area contributed by atoms with E-state index in [0.29, 0.717) is 25.4 Å². The van der Waals surface area contributed by atoms with Crippen molar-refractivity contribution in [3.63, 3.8) is 0 Å². The van der Waals surface area contributed by atoms with E-state index in [1.165, 1.54) is 0 Å². The highest BCUT2D eigenvalue weighted by atomic mass is 32.2. The Labute approximate surface area is 241 Å². The smallest absolute Gasteiger partial charge is 0.240 e. The number of aromatic nitrogens is 2. The molecule has 0 bridgehead atoms. The average Bonchev–Trinajstić information content (AvgIpc) is 3.24. The number of para-hydroxylation sites is 1. The number of rotatable bonds is 9. The fraction of sp³-hybridized carbons (Fsp3) is 0.452. The van der Waals surface area contributed by atoms with Crippen LogP contribution in [0.1, 0.15) is 60.4 Å². The van der Waals surface area contributed by atoms with Crippen LogP contribution in [-0.4, -0.2) is 61.3 Å². The van der Waals surface area contributed by atoms with Gasteiger partial charge < -0.3 is 14.8 Å². The third-order valence-corrected chi connectivity index (χ3v) is 8.19. The Morgan fingerprint density at radius 1 is 1.15 bits per heavy atom. The molecule has 1 aliphatic heterocycles. The summed E-state index contributed by atoms with van der Waals surface area (Å²) in [6.45, 7) is 11.4. The van der Waals surface area contributed by atoms with Crippen molar-refractivity contribution in [3.8, 4) is 11.4 Å². The van der Waals surface area contributed by atoms with Gasteiger partial charge in [0.25, 0.3) is 0 Å². The molecular formula is C31H40N4O4S. The Morgan fingerprint density at radius 3 is 2.58 bits per heavy atom. The van der Waals surface area contributed by atoms with Gasteiger partial charge in [-0.25, -0.2) is 4.68 Å². The SMILES string of the molecule is COCCCNC(=O)CN1C(=O)CS[C@@H](c2ccccc2OC)c2c(C(C)(C)C)nn(-c3ccc(C)cc3C)c21. The molecular weight excluding hydrogens is 524 g/mol. The molecule has 0 spiro atoms. The molecule has 0 fully saturated rings. The lowest BCUT2D eigenvalue weighted by molar-refractivity contribution is -0.122. The molecule has 1 aromatic heterocycles. The van der Waals surface area contributed by atoms with Crippen LogP contribution < -0.4 is 15.0 Å². The van der Waals surface area contributed by atoms with Crippen molar-refractivity contribution in [1.82, 2.24) is 15.1 Å². The van der Waals surface area contributed by atoms with Gasteiger partial charge in [0.2, 0.25) is 11.8 Å². The van der Waals surface area contributed by atoms with Crippen LogP contribution in [0.15, 0.2) is 42.5 Å². The van der Waals surface area contributed by atoms with Crippen molar-refractivity contribution in [3.05, 3.63) is 70.4 Å². The molecule has 1 N–H and O–H groups in total. The van der Waals surface area contributed by atoms with Crippen LogP contribution in [0, 0.1) is 13.8 Å². The van der Waals surface area contributed by atoms with Gasteiger partial charge >= 0.3 is 0 Å². The second kappa shape index (κ2) is 12.5. The quantitative estimate of drug-likeness (QED) is 0.363. The number of carbonyl (C=O) groups excluding carboxylic acids is 2. The van der Waals surface area contributed by atoms with Crippen LogP contribution in [-0.2, 0) is 19.7 Å². The second-order valence-corrected chi connectivity index (χ2v) is 12.2. The van der Waals surface area contributed by atoms with Crippen LogP contribution in [0.4, 0.5) is 5.82 Å². The highest BCUT2D eigenvalue weighted by Gasteiger charge is 2.40. The van der Waals surface area contributed by atoms with E-state index in [4.69, 9.17) is 14.6 Å². The number of amides is 2. The Bertz CT molecular complexity index is 1380. The lowest BCUT2D eigenvalue weighted by Gasteiger charge is -2.25. The zero-order chi connectivity index (χ0) is 29.0. The second-order valence-electron chi connectivity index (χ2n) is 11.1. The molecule has 3 aromatic rings. The number of benzene rings is 2. The highest BCUT2D eigenvalue weighted by molar-refractivity contribution is 8.00. The number of nitrogens with zero attached hydrogens (tertiary/aromatic N) is 3. The van der Waals surface area contributed by atoms with Crippen molar-refractivity contribution >= 4 is 29.4 Å². The van der Waals surface area contributed by atoms with Gasteiger partial charge in [-0.3, -0.25) is 14.5 Å². The third-order valence-electron chi connectivity index (χ3n) is 6.95. The van der Waals surface area contributed by atoms with Gasteiger partial charge in [0, 0.05) is 36.8 Å². The topological polar surface area (TPSA) is 85.7 Å². The summed E-state index contributed by atoms with van der Waals surface area (Å²) >= 11 is 1.55. The first kappa shape index (κ1) is 29.7. The lowest BCUT2D eigenvalue weighted by atomic mass is 9.87. The third kappa shape index (κ3) is 6.20. The van der Waals surface area contributed by atoms with Gasteiger partial charge in [0.05, 0.1) is 29.5 Å². The maximum absolute atomic E-state index is 13.8. The maximum atomic E-state index is 13.8. The molecule has 1 aliphatic rings. The number of hydrogen-bond acceptors (Lipinski definition) is 6. The van der Waals surface area contributed by atoms with Crippen LogP contribution in [0.2, 0.25) is 0 Å². The zero-order valence-corrected chi connectivity index (χ0v) is 25.4. The number of carbonyl (C=O) groups is 2. The fourth-order valence-corrected chi connectivity index (χ4v) is 6.28. The molecule has 4 rings (SSSR count). The monoisotopic (exact) mass is 564 g/mol. The Balaban J connectivity index is 1.96. The van der Waals surface area contributed by atoms with Crippen molar-refractivity contribution < 1.29 is 19.1 Å². The minimum atomic E-state index is -0.337. The predicted molar refractivity (Wildman–Crippen MR) is 161 cm³/mol. The highest BCUT2D eigenvalue weighted by Crippen LogP contribution is 2.50. The summed E-state index contributed by atoms with van der Waals surface area (Å²) in [6.07, 6.45) is 0.696. The van der Waals surface area contributed by atoms with E-state index < -0.39 is 0 Å². The molecule has 2 heterocycles. The van der Waals surface area contributed by atoms with E-state index in [-0.39, 0.29) is 34.8 Å². The molecule has 2 amide bonds. The van der Waals surface area contributed by atoms with E-state index in [0.717, 1.165) is 39.4 Å². The molecule has 0 unspecified atom stereocenters. The van der Waals surface area contributed by atoms with E-state index in [1.807, 2.05) is 48.0 Å². The molecule has 1 atom stereocenters. The summed E-state index contributed by atoms with van der Waals surface area (Å²) in [4.78, 5) is 28.6. The number of aryl methyl sites for hydroxylation is 2. The van der Waals surface area contributed by atoms with Gasteiger partial charge in [-0.15, -0.1) is 11.8 Å². The van der Waals surface area contributed by atoms with Crippen LogP contribution in [0.3, 0.4) is 0 Å². The summed E-state index contributed by atoms with van der Waals surface area (Å²) in [5, 5.41) is 7.92. The standard InChI is InChI=1S/C31H40N4O4S/c1-20-13-14-23(21(2)17-20)35-30-27(29(33-35)31(3,4)5)28(22-11-8-9-12-24(22)39-7)40-19-26(37)34(30)18-25(36)32-15-10-16-38-6/h8-9,11-14,17,28H,10,15-16,18-19H2,1-7H3,(H,32,36)/t28-/m0/s1. The normalized spacial score (nSPS) is 15.5. The fourth-order valence-electron chi connectivity index (χ4n) is 5.06. The summed E-state index contributed by atoms with van der Waals surface area (Å²) in [7, 11) is 3.30. The minimum Gasteiger partial charge on any atom is -0.496 e.